The van der Waals surface area contributed by atoms with Gasteiger partial charge in [-0.3, -0.25) is 0 Å². The summed E-state index contributed by atoms with van der Waals surface area (Å²) >= 11 is 0. The molecule has 0 aromatic heterocycles. The van der Waals surface area contributed by atoms with Gasteiger partial charge in [0.05, 0.1) is 16.4 Å². The average Bonchev–Trinajstić information content (AvgIpc) is 2.35. The predicted octanol–water partition coefficient (Wildman–Crippen LogP) is 0.626. The van der Waals surface area contributed by atoms with E-state index in [9.17, 15) is 16.8 Å². The van der Waals surface area contributed by atoms with Crippen LogP contribution < -0.4 is 0 Å². The van der Waals surface area contributed by atoms with Gasteiger partial charge in [-0.05, 0) is 37.1 Å². The van der Waals surface area contributed by atoms with E-state index in [0.29, 0.717) is 0 Å². The smallest absolute Gasteiger partial charge is 0.243 e. The minimum absolute atomic E-state index is 0.0512. The first-order valence-electron chi connectivity index (χ1n) is 6.69. The molecule has 118 valence electrons. The van der Waals surface area contributed by atoms with Gasteiger partial charge >= 0.3 is 0 Å². The van der Waals surface area contributed by atoms with Crippen LogP contribution in [0.2, 0.25) is 0 Å². The maximum absolute atomic E-state index is 12.6. The van der Waals surface area contributed by atoms with Crippen LogP contribution in [0.15, 0.2) is 34.1 Å². The lowest BCUT2D eigenvalue weighted by molar-refractivity contribution is 0.178. The lowest BCUT2D eigenvalue weighted by Gasteiger charge is -2.36. The van der Waals surface area contributed by atoms with E-state index in [2.05, 4.69) is 0 Å². The van der Waals surface area contributed by atoms with E-state index in [1.54, 1.807) is 0 Å². The zero-order valence-electron chi connectivity index (χ0n) is 11.8. The Hall–Kier alpha value is -0.960. The summed E-state index contributed by atoms with van der Waals surface area (Å²) in [5.74, 6) is 0. The highest BCUT2D eigenvalue weighted by Gasteiger charge is 2.34. The molecule has 0 radical (unpaired) electrons. The average molecular weight is 333 g/mol. The minimum Gasteiger partial charge on any atom is -0.395 e. The van der Waals surface area contributed by atoms with Crippen LogP contribution in [-0.4, -0.2) is 51.7 Å². The number of rotatable bonds is 6. The molecule has 0 heterocycles. The van der Waals surface area contributed by atoms with Gasteiger partial charge in [0.15, 0.2) is 9.84 Å². The molecule has 1 aliphatic rings. The highest BCUT2D eigenvalue weighted by Crippen LogP contribution is 2.30. The van der Waals surface area contributed by atoms with E-state index in [1.165, 1.54) is 28.6 Å². The number of sulfonamides is 1. The van der Waals surface area contributed by atoms with Gasteiger partial charge in [0.1, 0.15) is 0 Å². The number of hydrogen-bond acceptors (Lipinski definition) is 5. The molecule has 6 nitrogen and oxygen atoms in total. The molecule has 1 aromatic rings. The van der Waals surface area contributed by atoms with Crippen molar-refractivity contribution in [3.8, 4) is 0 Å². The Bertz CT molecular complexity index is 691. The SMILES string of the molecule is CS(=O)(=O)c1ccc(S(=O)(=O)N(CCO)C2CCC2)cc1. The zero-order valence-corrected chi connectivity index (χ0v) is 13.4. The highest BCUT2D eigenvalue weighted by atomic mass is 32.2. The molecular weight excluding hydrogens is 314 g/mol. The van der Waals surface area contributed by atoms with Crippen LogP contribution in [0.3, 0.4) is 0 Å². The minimum atomic E-state index is -3.71. The molecule has 1 saturated carbocycles. The molecule has 0 atom stereocenters. The van der Waals surface area contributed by atoms with Gasteiger partial charge in [0, 0.05) is 18.8 Å². The topological polar surface area (TPSA) is 91.8 Å². The summed E-state index contributed by atoms with van der Waals surface area (Å²) < 4.78 is 49.3. The Morgan fingerprint density at radius 3 is 2.00 bits per heavy atom. The summed E-state index contributed by atoms with van der Waals surface area (Å²) in [6.07, 6.45) is 3.64. The van der Waals surface area contributed by atoms with Crippen molar-refractivity contribution in [3.63, 3.8) is 0 Å². The van der Waals surface area contributed by atoms with Gasteiger partial charge in [-0.2, -0.15) is 4.31 Å². The van der Waals surface area contributed by atoms with Crippen LogP contribution in [-0.2, 0) is 19.9 Å². The summed E-state index contributed by atoms with van der Waals surface area (Å²) in [5.41, 5.74) is 0. The number of nitrogens with zero attached hydrogens (tertiary/aromatic N) is 1. The highest BCUT2D eigenvalue weighted by molar-refractivity contribution is 7.90. The van der Waals surface area contributed by atoms with Gasteiger partial charge in [-0.1, -0.05) is 6.42 Å². The molecule has 0 unspecified atom stereocenters. The first-order chi connectivity index (χ1) is 9.76. The molecular formula is C13H19NO5S2. The summed E-state index contributed by atoms with van der Waals surface area (Å²) in [6, 6.07) is 5.11. The summed E-state index contributed by atoms with van der Waals surface area (Å²) in [6.45, 7) is -0.183. The van der Waals surface area contributed by atoms with Crippen molar-refractivity contribution in [2.75, 3.05) is 19.4 Å². The van der Waals surface area contributed by atoms with Crippen molar-refractivity contribution < 1.29 is 21.9 Å². The number of aliphatic hydroxyl groups excluding tert-OH is 1. The zero-order chi connectivity index (χ0) is 15.7. The molecule has 0 amide bonds. The number of sulfone groups is 1. The monoisotopic (exact) mass is 333 g/mol. The van der Waals surface area contributed by atoms with Crippen LogP contribution in [0, 0.1) is 0 Å². The van der Waals surface area contributed by atoms with Crippen LogP contribution in [0.25, 0.3) is 0 Å². The van der Waals surface area contributed by atoms with Crippen LogP contribution in [0.5, 0.6) is 0 Å². The van der Waals surface area contributed by atoms with E-state index in [4.69, 9.17) is 5.11 Å². The Morgan fingerprint density at radius 1 is 1.10 bits per heavy atom. The lowest BCUT2D eigenvalue weighted by atomic mass is 9.93. The summed E-state index contributed by atoms with van der Waals surface area (Å²) in [7, 11) is -7.06. The van der Waals surface area contributed by atoms with E-state index < -0.39 is 19.9 Å². The molecule has 2 rings (SSSR count). The van der Waals surface area contributed by atoms with Gasteiger partial charge in [-0.15, -0.1) is 0 Å². The third-order valence-electron chi connectivity index (χ3n) is 3.66. The first kappa shape index (κ1) is 16.4. The third-order valence-corrected chi connectivity index (χ3v) is 6.76. The molecule has 8 heteroatoms. The Morgan fingerprint density at radius 2 is 1.62 bits per heavy atom. The van der Waals surface area contributed by atoms with Gasteiger partial charge < -0.3 is 5.11 Å². The molecule has 1 aliphatic carbocycles. The maximum atomic E-state index is 12.6. The van der Waals surface area contributed by atoms with E-state index in [-0.39, 0.29) is 29.0 Å². The first-order valence-corrected chi connectivity index (χ1v) is 10.0. The predicted molar refractivity (Wildman–Crippen MR) is 78.2 cm³/mol. The second kappa shape index (κ2) is 6.04. The number of benzene rings is 1. The molecule has 21 heavy (non-hydrogen) atoms. The van der Waals surface area contributed by atoms with Crippen LogP contribution in [0.1, 0.15) is 19.3 Å². The Labute approximate surface area is 125 Å². The Balaban J connectivity index is 2.33. The Kier molecular flexibility index (Phi) is 4.72. The molecule has 0 bridgehead atoms. The fourth-order valence-electron chi connectivity index (χ4n) is 2.27. The van der Waals surface area contributed by atoms with Gasteiger partial charge in [0.25, 0.3) is 0 Å². The second-order valence-electron chi connectivity index (χ2n) is 5.17. The third kappa shape index (κ3) is 3.45. The standard InChI is InChI=1S/C13H19NO5S2/c1-20(16,17)12-5-7-13(8-6-12)21(18,19)14(9-10-15)11-3-2-4-11/h5-8,11,15H,2-4,9-10H2,1H3. The lowest BCUT2D eigenvalue weighted by Crippen LogP contribution is -2.45. The van der Waals surface area contributed by atoms with Crippen LogP contribution in [0.4, 0.5) is 0 Å². The summed E-state index contributed by atoms with van der Waals surface area (Å²) in [4.78, 5) is 0.133. The van der Waals surface area contributed by atoms with E-state index in [1.807, 2.05) is 0 Å². The summed E-state index contributed by atoms with van der Waals surface area (Å²) in [5, 5.41) is 9.08. The normalized spacial score (nSPS) is 16.9. The number of aliphatic hydroxyl groups is 1. The van der Waals surface area contributed by atoms with Gasteiger partial charge in [-0.25, -0.2) is 16.8 Å². The van der Waals surface area contributed by atoms with E-state index in [0.717, 1.165) is 25.5 Å². The van der Waals surface area contributed by atoms with Crippen molar-refractivity contribution in [3.05, 3.63) is 24.3 Å². The van der Waals surface area contributed by atoms with Crippen molar-refractivity contribution in [1.29, 1.82) is 0 Å². The maximum Gasteiger partial charge on any atom is 0.243 e. The van der Waals surface area contributed by atoms with Crippen molar-refractivity contribution in [1.82, 2.24) is 4.31 Å². The fourth-order valence-corrected chi connectivity index (χ4v) is 4.57. The molecule has 1 aromatic carbocycles. The molecule has 0 spiro atoms. The fraction of sp³-hybridized carbons (Fsp3) is 0.538. The van der Waals surface area contributed by atoms with Crippen molar-refractivity contribution in [2.24, 2.45) is 0 Å². The number of hydrogen-bond donors (Lipinski definition) is 1. The van der Waals surface area contributed by atoms with E-state index >= 15 is 0 Å². The van der Waals surface area contributed by atoms with Crippen molar-refractivity contribution in [2.45, 2.75) is 35.1 Å². The molecule has 0 saturated heterocycles. The largest absolute Gasteiger partial charge is 0.395 e. The molecule has 0 aliphatic heterocycles. The van der Waals surface area contributed by atoms with Gasteiger partial charge in [0.2, 0.25) is 10.0 Å². The molecule has 1 N–H and O–H groups in total. The van der Waals surface area contributed by atoms with Crippen LogP contribution >= 0.6 is 0 Å². The quantitative estimate of drug-likeness (QED) is 0.824. The second-order valence-corrected chi connectivity index (χ2v) is 9.07. The van der Waals surface area contributed by atoms with Crippen molar-refractivity contribution >= 4 is 19.9 Å². The molecule has 1 fully saturated rings.